The number of amides is 1. The summed E-state index contributed by atoms with van der Waals surface area (Å²) < 4.78 is 12.8. The lowest BCUT2D eigenvalue weighted by Gasteiger charge is -2.03. The number of benzene rings is 2. The van der Waals surface area contributed by atoms with Gasteiger partial charge in [-0.15, -0.1) is 11.8 Å². The van der Waals surface area contributed by atoms with Crippen LogP contribution in [-0.4, -0.2) is 23.1 Å². The molecule has 130 valence electrons. The molecule has 1 amide bonds. The van der Waals surface area contributed by atoms with Crippen molar-refractivity contribution in [3.8, 4) is 0 Å². The Morgan fingerprint density at radius 2 is 1.84 bits per heavy atom. The SMILES string of the molecule is O=C(C=Cc1ccc([N+](=O)[O-])cc1)NCCCSc1ccc(F)cc1. The summed E-state index contributed by atoms with van der Waals surface area (Å²) in [6, 6.07) is 12.3. The van der Waals surface area contributed by atoms with Crippen LogP contribution in [0, 0.1) is 15.9 Å². The third-order valence-corrected chi connectivity index (χ3v) is 4.33. The van der Waals surface area contributed by atoms with E-state index < -0.39 is 4.92 Å². The average Bonchev–Trinajstić information content (AvgIpc) is 2.61. The molecule has 0 aliphatic heterocycles. The van der Waals surface area contributed by atoms with Gasteiger partial charge in [0.2, 0.25) is 5.91 Å². The van der Waals surface area contributed by atoms with Crippen molar-refractivity contribution in [3.05, 3.63) is 76.1 Å². The molecule has 0 atom stereocenters. The monoisotopic (exact) mass is 360 g/mol. The summed E-state index contributed by atoms with van der Waals surface area (Å²) in [5, 5.41) is 13.3. The van der Waals surface area contributed by atoms with Gasteiger partial charge < -0.3 is 5.32 Å². The van der Waals surface area contributed by atoms with Gasteiger partial charge in [0.05, 0.1) is 4.92 Å². The standard InChI is InChI=1S/C18H17FN2O3S/c19-15-5-9-17(10-6-15)25-13-1-12-20-18(22)11-4-14-2-7-16(8-3-14)21(23)24/h2-11H,1,12-13H2,(H,20,22). The highest BCUT2D eigenvalue weighted by molar-refractivity contribution is 7.99. The normalized spacial score (nSPS) is 10.8. The molecule has 1 N–H and O–H groups in total. The van der Waals surface area contributed by atoms with E-state index in [-0.39, 0.29) is 17.4 Å². The second-order valence-corrected chi connectivity index (χ2v) is 6.30. The Hall–Kier alpha value is -2.67. The molecular weight excluding hydrogens is 343 g/mol. The lowest BCUT2D eigenvalue weighted by atomic mass is 10.2. The highest BCUT2D eigenvalue weighted by Crippen LogP contribution is 2.18. The molecular formula is C18H17FN2O3S. The van der Waals surface area contributed by atoms with Crippen LogP contribution in [0.5, 0.6) is 0 Å². The van der Waals surface area contributed by atoms with Gasteiger partial charge in [0, 0.05) is 29.6 Å². The predicted octanol–water partition coefficient (Wildman–Crippen LogP) is 4.05. The zero-order valence-corrected chi connectivity index (χ0v) is 14.2. The van der Waals surface area contributed by atoms with Gasteiger partial charge >= 0.3 is 0 Å². The number of nitro benzene ring substituents is 1. The number of carbonyl (C=O) groups is 1. The maximum absolute atomic E-state index is 12.8. The first-order valence-corrected chi connectivity index (χ1v) is 8.62. The number of hydrogen-bond acceptors (Lipinski definition) is 4. The van der Waals surface area contributed by atoms with E-state index in [1.165, 1.54) is 30.3 Å². The van der Waals surface area contributed by atoms with Crippen LogP contribution < -0.4 is 5.32 Å². The highest BCUT2D eigenvalue weighted by atomic mass is 32.2. The maximum atomic E-state index is 12.8. The first-order chi connectivity index (χ1) is 12.0. The van der Waals surface area contributed by atoms with Gasteiger partial charge in [0.25, 0.3) is 5.69 Å². The van der Waals surface area contributed by atoms with Crippen LogP contribution in [-0.2, 0) is 4.79 Å². The fraction of sp³-hybridized carbons (Fsp3) is 0.167. The van der Waals surface area contributed by atoms with Gasteiger partial charge in [-0.1, -0.05) is 0 Å². The Balaban J connectivity index is 1.66. The van der Waals surface area contributed by atoms with Gasteiger partial charge in [0.1, 0.15) is 5.82 Å². The van der Waals surface area contributed by atoms with E-state index in [1.807, 2.05) is 0 Å². The van der Waals surface area contributed by atoms with E-state index in [0.717, 1.165) is 17.1 Å². The highest BCUT2D eigenvalue weighted by Gasteiger charge is 2.02. The van der Waals surface area contributed by atoms with E-state index in [1.54, 1.807) is 42.1 Å². The zero-order chi connectivity index (χ0) is 18.1. The molecule has 0 unspecified atom stereocenters. The number of nitrogens with one attached hydrogen (secondary N) is 1. The van der Waals surface area contributed by atoms with Crippen molar-refractivity contribution >= 4 is 29.4 Å². The van der Waals surface area contributed by atoms with Gasteiger partial charge in [-0.05, 0) is 60.2 Å². The Morgan fingerprint density at radius 3 is 2.48 bits per heavy atom. The van der Waals surface area contributed by atoms with Crippen molar-refractivity contribution in [2.75, 3.05) is 12.3 Å². The maximum Gasteiger partial charge on any atom is 0.269 e. The Labute approximate surface area is 149 Å². The minimum Gasteiger partial charge on any atom is -0.353 e. The van der Waals surface area contributed by atoms with Crippen LogP contribution >= 0.6 is 11.8 Å². The fourth-order valence-corrected chi connectivity index (χ4v) is 2.80. The summed E-state index contributed by atoms with van der Waals surface area (Å²) in [5.41, 5.74) is 0.730. The Kier molecular flexibility index (Phi) is 7.16. The largest absolute Gasteiger partial charge is 0.353 e. The van der Waals surface area contributed by atoms with Crippen LogP contribution in [0.3, 0.4) is 0 Å². The quantitative estimate of drug-likeness (QED) is 0.253. The molecule has 0 bridgehead atoms. The molecule has 7 heteroatoms. The summed E-state index contributed by atoms with van der Waals surface area (Å²) in [6.07, 6.45) is 3.79. The van der Waals surface area contributed by atoms with E-state index in [2.05, 4.69) is 5.32 Å². The lowest BCUT2D eigenvalue weighted by Crippen LogP contribution is -2.22. The molecule has 0 radical (unpaired) electrons. The molecule has 2 aromatic carbocycles. The lowest BCUT2D eigenvalue weighted by molar-refractivity contribution is -0.384. The topological polar surface area (TPSA) is 72.2 Å². The second-order valence-electron chi connectivity index (χ2n) is 5.13. The number of thioether (sulfide) groups is 1. The summed E-state index contributed by atoms with van der Waals surface area (Å²) in [6.45, 7) is 0.539. The van der Waals surface area contributed by atoms with Gasteiger partial charge in [-0.25, -0.2) is 4.39 Å². The first-order valence-electron chi connectivity index (χ1n) is 7.63. The molecule has 0 saturated heterocycles. The number of carbonyl (C=O) groups excluding carboxylic acids is 1. The van der Waals surface area contributed by atoms with Crippen molar-refractivity contribution in [1.82, 2.24) is 5.32 Å². The number of nitro groups is 1. The molecule has 5 nitrogen and oxygen atoms in total. The van der Waals surface area contributed by atoms with Crippen LogP contribution in [0.15, 0.2) is 59.5 Å². The van der Waals surface area contributed by atoms with Crippen LogP contribution in [0.4, 0.5) is 10.1 Å². The fourth-order valence-electron chi connectivity index (χ4n) is 1.94. The van der Waals surface area contributed by atoms with E-state index in [4.69, 9.17) is 0 Å². The van der Waals surface area contributed by atoms with Gasteiger partial charge in [-0.2, -0.15) is 0 Å². The first kappa shape index (κ1) is 18.7. The summed E-state index contributed by atoms with van der Waals surface area (Å²) >= 11 is 1.60. The summed E-state index contributed by atoms with van der Waals surface area (Å²) in [5.74, 6) is 0.347. The molecule has 25 heavy (non-hydrogen) atoms. The van der Waals surface area contributed by atoms with Crippen LogP contribution in [0.25, 0.3) is 6.08 Å². The Morgan fingerprint density at radius 1 is 1.16 bits per heavy atom. The number of rotatable bonds is 8. The van der Waals surface area contributed by atoms with Crippen LogP contribution in [0.1, 0.15) is 12.0 Å². The summed E-state index contributed by atoms with van der Waals surface area (Å²) in [4.78, 5) is 22.8. The number of hydrogen-bond donors (Lipinski definition) is 1. The minimum atomic E-state index is -0.468. The molecule has 0 spiro atoms. The van der Waals surface area contributed by atoms with Crippen molar-refractivity contribution in [2.24, 2.45) is 0 Å². The average molecular weight is 360 g/mol. The third-order valence-electron chi connectivity index (χ3n) is 3.23. The van der Waals surface area contributed by atoms with Gasteiger partial charge in [0.15, 0.2) is 0 Å². The molecule has 0 heterocycles. The molecule has 2 aromatic rings. The molecule has 0 fully saturated rings. The third kappa shape index (κ3) is 6.76. The molecule has 0 saturated carbocycles. The smallest absolute Gasteiger partial charge is 0.269 e. The van der Waals surface area contributed by atoms with E-state index >= 15 is 0 Å². The molecule has 2 rings (SSSR count). The number of halogens is 1. The zero-order valence-electron chi connectivity index (χ0n) is 13.4. The Bertz CT molecular complexity index is 746. The number of non-ortho nitro benzene ring substituents is 1. The number of nitrogens with zero attached hydrogens (tertiary/aromatic N) is 1. The molecule has 0 aromatic heterocycles. The second kappa shape index (κ2) is 9.58. The van der Waals surface area contributed by atoms with Crippen molar-refractivity contribution in [2.45, 2.75) is 11.3 Å². The van der Waals surface area contributed by atoms with Gasteiger partial charge in [-0.3, -0.25) is 14.9 Å². The van der Waals surface area contributed by atoms with Crippen molar-refractivity contribution in [1.29, 1.82) is 0 Å². The van der Waals surface area contributed by atoms with E-state index in [9.17, 15) is 19.3 Å². The minimum absolute atomic E-state index is 0.0141. The van der Waals surface area contributed by atoms with Crippen LogP contribution in [0.2, 0.25) is 0 Å². The van der Waals surface area contributed by atoms with Crippen molar-refractivity contribution < 1.29 is 14.1 Å². The van der Waals surface area contributed by atoms with E-state index in [0.29, 0.717) is 12.1 Å². The van der Waals surface area contributed by atoms with Crippen molar-refractivity contribution in [3.63, 3.8) is 0 Å². The molecule has 0 aliphatic carbocycles. The predicted molar refractivity (Wildman–Crippen MR) is 96.9 cm³/mol. The molecule has 0 aliphatic rings. The summed E-state index contributed by atoms with van der Waals surface area (Å²) in [7, 11) is 0.